The first kappa shape index (κ1) is 21.5. The molecule has 6 heteroatoms. The molecule has 0 aliphatic heterocycles. The minimum absolute atomic E-state index is 0.380. The maximum atomic E-state index is 5.62. The summed E-state index contributed by atoms with van der Waals surface area (Å²) >= 11 is 0. The van der Waals surface area contributed by atoms with E-state index in [2.05, 4.69) is 27.4 Å². The predicted octanol–water partition coefficient (Wildman–Crippen LogP) is 2.25. The van der Waals surface area contributed by atoms with Gasteiger partial charge in [-0.2, -0.15) is 0 Å². The van der Waals surface area contributed by atoms with Gasteiger partial charge in [0.25, 0.3) is 0 Å². The molecule has 0 aromatic heterocycles. The molecule has 2 aliphatic carbocycles. The van der Waals surface area contributed by atoms with E-state index in [1.807, 2.05) is 7.05 Å². The van der Waals surface area contributed by atoms with Crippen molar-refractivity contribution >= 4 is 5.96 Å². The van der Waals surface area contributed by atoms with Gasteiger partial charge in [-0.15, -0.1) is 0 Å². The van der Waals surface area contributed by atoms with Crippen molar-refractivity contribution in [2.45, 2.75) is 57.9 Å². The van der Waals surface area contributed by atoms with E-state index in [0.717, 1.165) is 64.4 Å². The Morgan fingerprint density at radius 1 is 1.15 bits per heavy atom. The fraction of sp³-hybridized carbons (Fsp3) is 0.950. The lowest BCUT2D eigenvalue weighted by Crippen LogP contribution is -2.46. The van der Waals surface area contributed by atoms with Gasteiger partial charge in [-0.05, 0) is 44.4 Å². The molecule has 2 aliphatic rings. The summed E-state index contributed by atoms with van der Waals surface area (Å²) in [5.41, 5.74) is 0.380. The first-order valence-corrected chi connectivity index (χ1v) is 10.5. The molecule has 6 nitrogen and oxygen atoms in total. The number of guanidine groups is 1. The molecule has 2 saturated carbocycles. The minimum atomic E-state index is 0.380. The quantitative estimate of drug-likeness (QED) is 0.297. The molecule has 0 heterocycles. The highest BCUT2D eigenvalue weighted by atomic mass is 16.5. The third kappa shape index (κ3) is 7.41. The third-order valence-corrected chi connectivity index (χ3v) is 5.84. The van der Waals surface area contributed by atoms with Gasteiger partial charge in [-0.3, -0.25) is 9.89 Å². The number of nitrogens with one attached hydrogen (secondary N) is 2. The highest BCUT2D eigenvalue weighted by Gasteiger charge is 2.33. The number of ether oxygens (including phenoxy) is 2. The van der Waals surface area contributed by atoms with Crippen LogP contribution in [0, 0.1) is 5.41 Å². The lowest BCUT2D eigenvalue weighted by molar-refractivity contribution is 0.105. The second-order valence-electron chi connectivity index (χ2n) is 7.77. The molecule has 0 bridgehead atoms. The molecule has 0 aromatic rings. The molecular formula is C20H40N4O2. The molecule has 0 aromatic carbocycles. The molecule has 0 spiro atoms. The lowest BCUT2D eigenvalue weighted by Gasteiger charge is -2.30. The van der Waals surface area contributed by atoms with Crippen LogP contribution < -0.4 is 10.6 Å². The zero-order chi connectivity index (χ0) is 18.7. The van der Waals surface area contributed by atoms with Gasteiger partial charge in [-0.25, -0.2) is 0 Å². The number of aliphatic imine (C=N–C) groups is 1. The Kier molecular flexibility index (Phi) is 9.72. The van der Waals surface area contributed by atoms with E-state index in [1.165, 1.54) is 38.5 Å². The fourth-order valence-electron chi connectivity index (χ4n) is 4.01. The molecule has 0 amide bonds. The van der Waals surface area contributed by atoms with Crippen molar-refractivity contribution in [3.63, 3.8) is 0 Å². The van der Waals surface area contributed by atoms with Crippen LogP contribution >= 0.6 is 0 Å². The largest absolute Gasteiger partial charge is 0.383 e. The number of hydrogen-bond donors (Lipinski definition) is 2. The van der Waals surface area contributed by atoms with Gasteiger partial charge in [0.1, 0.15) is 0 Å². The van der Waals surface area contributed by atoms with Gasteiger partial charge in [0.05, 0.1) is 6.61 Å². The normalized spacial score (nSPS) is 19.9. The number of nitrogens with zero attached hydrogens (tertiary/aromatic N) is 2. The first-order chi connectivity index (χ1) is 12.7. The van der Waals surface area contributed by atoms with Crippen LogP contribution in [0.3, 0.4) is 0 Å². The molecular weight excluding hydrogens is 328 g/mol. The van der Waals surface area contributed by atoms with Crippen LogP contribution in [0.2, 0.25) is 0 Å². The van der Waals surface area contributed by atoms with E-state index in [9.17, 15) is 0 Å². The van der Waals surface area contributed by atoms with Gasteiger partial charge in [-0.1, -0.05) is 12.8 Å². The van der Waals surface area contributed by atoms with Crippen LogP contribution in [0.25, 0.3) is 0 Å². The maximum Gasteiger partial charge on any atom is 0.191 e. The summed E-state index contributed by atoms with van der Waals surface area (Å²) in [6, 6.07) is 0.766. The lowest BCUT2D eigenvalue weighted by atomic mass is 9.83. The van der Waals surface area contributed by atoms with E-state index in [1.54, 1.807) is 7.11 Å². The summed E-state index contributed by atoms with van der Waals surface area (Å²) < 4.78 is 10.9. The van der Waals surface area contributed by atoms with E-state index in [4.69, 9.17) is 9.47 Å². The summed E-state index contributed by atoms with van der Waals surface area (Å²) in [4.78, 5) is 6.95. The van der Waals surface area contributed by atoms with Crippen molar-refractivity contribution < 1.29 is 9.47 Å². The SMILES string of the molecule is CCOCCC1(CNC(=NC)NCCN(CCOC)C2CC2)CCCC1. The topological polar surface area (TPSA) is 58.1 Å². The number of hydrogen-bond acceptors (Lipinski definition) is 4. The molecule has 26 heavy (non-hydrogen) atoms. The molecule has 2 fully saturated rings. The fourth-order valence-corrected chi connectivity index (χ4v) is 4.01. The first-order valence-electron chi connectivity index (χ1n) is 10.5. The van der Waals surface area contributed by atoms with Gasteiger partial charge < -0.3 is 20.1 Å². The summed E-state index contributed by atoms with van der Waals surface area (Å²) in [6.45, 7) is 8.56. The Bertz CT molecular complexity index is 407. The Hall–Kier alpha value is -0.850. The summed E-state index contributed by atoms with van der Waals surface area (Å²) in [5.74, 6) is 0.926. The van der Waals surface area contributed by atoms with E-state index in [-0.39, 0.29) is 0 Å². The van der Waals surface area contributed by atoms with Crippen molar-refractivity contribution in [3.05, 3.63) is 0 Å². The van der Waals surface area contributed by atoms with E-state index < -0.39 is 0 Å². The Balaban J connectivity index is 1.70. The Morgan fingerprint density at radius 2 is 1.92 bits per heavy atom. The van der Waals surface area contributed by atoms with Gasteiger partial charge in [0.15, 0.2) is 5.96 Å². The zero-order valence-electron chi connectivity index (χ0n) is 17.2. The summed E-state index contributed by atoms with van der Waals surface area (Å²) in [6.07, 6.45) is 9.11. The molecule has 2 N–H and O–H groups in total. The van der Waals surface area contributed by atoms with Crippen LogP contribution in [0.1, 0.15) is 51.9 Å². The monoisotopic (exact) mass is 368 g/mol. The molecule has 2 rings (SSSR count). The smallest absolute Gasteiger partial charge is 0.191 e. The molecule has 152 valence electrons. The predicted molar refractivity (Wildman–Crippen MR) is 108 cm³/mol. The van der Waals surface area contributed by atoms with Crippen LogP contribution in [0.5, 0.6) is 0 Å². The molecule has 0 saturated heterocycles. The van der Waals surface area contributed by atoms with Gasteiger partial charge >= 0.3 is 0 Å². The summed E-state index contributed by atoms with van der Waals surface area (Å²) in [5, 5.41) is 7.07. The Morgan fingerprint density at radius 3 is 2.54 bits per heavy atom. The van der Waals surface area contributed by atoms with Crippen molar-refractivity contribution in [1.29, 1.82) is 0 Å². The van der Waals surface area contributed by atoms with Crippen molar-refractivity contribution in [1.82, 2.24) is 15.5 Å². The highest BCUT2D eigenvalue weighted by molar-refractivity contribution is 5.79. The maximum absolute atomic E-state index is 5.62. The van der Waals surface area contributed by atoms with Crippen LogP contribution in [-0.2, 0) is 9.47 Å². The van der Waals surface area contributed by atoms with Crippen molar-refractivity contribution in [2.75, 3.05) is 60.2 Å². The average Bonchev–Trinajstić information content (AvgIpc) is 3.40. The molecule has 0 radical (unpaired) electrons. The standard InChI is InChI=1S/C20H40N4O2/c1-4-26-15-11-20(9-5-6-10-20)17-23-19(21-2)22-12-13-24(14-16-25-3)18-7-8-18/h18H,4-17H2,1-3H3,(H2,21,22,23). The van der Waals surface area contributed by atoms with E-state index >= 15 is 0 Å². The van der Waals surface area contributed by atoms with E-state index in [0.29, 0.717) is 5.41 Å². The molecule has 0 atom stereocenters. The number of rotatable bonds is 13. The van der Waals surface area contributed by atoms with Gasteiger partial charge in [0.2, 0.25) is 0 Å². The second-order valence-corrected chi connectivity index (χ2v) is 7.77. The van der Waals surface area contributed by atoms with Crippen molar-refractivity contribution in [3.8, 4) is 0 Å². The highest BCUT2D eigenvalue weighted by Crippen LogP contribution is 2.40. The minimum Gasteiger partial charge on any atom is -0.383 e. The van der Waals surface area contributed by atoms with Crippen LogP contribution in [0.4, 0.5) is 0 Å². The average molecular weight is 369 g/mol. The van der Waals surface area contributed by atoms with Crippen molar-refractivity contribution in [2.24, 2.45) is 10.4 Å². The van der Waals surface area contributed by atoms with Crippen LogP contribution in [-0.4, -0.2) is 77.1 Å². The third-order valence-electron chi connectivity index (χ3n) is 5.84. The number of methoxy groups -OCH3 is 1. The molecule has 0 unspecified atom stereocenters. The second kappa shape index (κ2) is 11.8. The van der Waals surface area contributed by atoms with Crippen LogP contribution in [0.15, 0.2) is 4.99 Å². The zero-order valence-corrected chi connectivity index (χ0v) is 17.2. The van der Waals surface area contributed by atoms with Gasteiger partial charge in [0, 0.05) is 59.6 Å². The Labute approximate surface area is 160 Å². The summed E-state index contributed by atoms with van der Waals surface area (Å²) in [7, 11) is 3.64.